The molecule has 49 heavy (non-hydrogen) atoms. The van der Waals surface area contributed by atoms with Crippen LogP contribution in [-0.4, -0.2) is 75.7 Å². The van der Waals surface area contributed by atoms with Crippen molar-refractivity contribution in [3.63, 3.8) is 0 Å². The molecule has 3 aromatic carbocycles. The highest BCUT2D eigenvalue weighted by molar-refractivity contribution is 7.85. The number of para-hydroxylation sites is 2. The van der Waals surface area contributed by atoms with Crippen molar-refractivity contribution < 1.29 is 50.9 Å². The summed E-state index contributed by atoms with van der Waals surface area (Å²) in [4.78, 5) is 49.5. The zero-order valence-electron chi connectivity index (χ0n) is 27.6. The number of esters is 1. The van der Waals surface area contributed by atoms with E-state index in [1.165, 1.54) is 14.0 Å². The van der Waals surface area contributed by atoms with Crippen molar-refractivity contribution in [3.05, 3.63) is 82.9 Å². The van der Waals surface area contributed by atoms with Gasteiger partial charge in [-0.1, -0.05) is 24.3 Å². The predicted octanol–water partition coefficient (Wildman–Crippen LogP) is 3.07. The quantitative estimate of drug-likeness (QED) is 0.0283. The van der Waals surface area contributed by atoms with E-state index in [1.807, 2.05) is 28.8 Å². The molecular formula is C35H40N3O10S+. The van der Waals surface area contributed by atoms with Crippen molar-refractivity contribution >= 4 is 55.5 Å². The van der Waals surface area contributed by atoms with Gasteiger partial charge in [0, 0.05) is 49.9 Å². The van der Waals surface area contributed by atoms with Gasteiger partial charge in [-0.05, 0) is 43.7 Å². The minimum Gasteiger partial charge on any atom is -0.422 e. The van der Waals surface area contributed by atoms with Crippen molar-refractivity contribution in [1.29, 1.82) is 0 Å². The summed E-state index contributed by atoms with van der Waals surface area (Å²) in [6, 6.07) is 17.7. The molecule has 0 aliphatic heterocycles. The third-order valence-electron chi connectivity index (χ3n) is 7.53. The average molecular weight is 695 g/mol. The standard InChI is InChI=1S/C35H39N3O10S/c1-23-19-25(34(41)37-14-17-47-16-13-36-31(40)20-24(2)39)21-26(22-46-3)33(23)48-35(42)32-27-9-4-6-11-29(27)38(15-8-18-49(43,44)45)30-12-7-5-10-28(30)32/h4-7,9-12,19,21H,8,13-18,20,22H2,1-3H3,(H2-,36,37,40,41,43,44,45)/p+1. The molecule has 2 amide bonds. The summed E-state index contributed by atoms with van der Waals surface area (Å²) in [6.07, 6.45) is -0.0146. The second-order valence-corrected chi connectivity index (χ2v) is 13.0. The smallest absolute Gasteiger partial charge is 0.345 e. The lowest BCUT2D eigenvalue weighted by molar-refractivity contribution is -0.645. The van der Waals surface area contributed by atoms with Crippen molar-refractivity contribution in [2.75, 3.05) is 39.2 Å². The van der Waals surface area contributed by atoms with Gasteiger partial charge in [-0.2, -0.15) is 13.0 Å². The number of aromatic nitrogens is 1. The largest absolute Gasteiger partial charge is 0.422 e. The number of nitrogens with zero attached hydrogens (tertiary/aromatic N) is 1. The van der Waals surface area contributed by atoms with Crippen LogP contribution in [0.4, 0.5) is 0 Å². The summed E-state index contributed by atoms with van der Waals surface area (Å²) in [5.74, 6) is -1.72. The number of pyridine rings is 1. The van der Waals surface area contributed by atoms with Gasteiger partial charge in [0.05, 0.1) is 48.3 Å². The van der Waals surface area contributed by atoms with Gasteiger partial charge in [0.1, 0.15) is 11.5 Å². The van der Waals surface area contributed by atoms with E-state index in [0.717, 1.165) is 0 Å². The minimum atomic E-state index is -4.14. The Labute approximate surface area is 284 Å². The molecular weight excluding hydrogens is 654 g/mol. The third-order valence-corrected chi connectivity index (χ3v) is 8.34. The molecule has 14 heteroatoms. The summed E-state index contributed by atoms with van der Waals surface area (Å²) >= 11 is 0. The van der Waals surface area contributed by atoms with Gasteiger partial charge in [0.15, 0.2) is 6.54 Å². The molecule has 0 aliphatic carbocycles. The maximum atomic E-state index is 14.0. The third kappa shape index (κ3) is 10.1. The Morgan fingerprint density at radius 3 is 2.10 bits per heavy atom. The molecule has 3 N–H and O–H groups in total. The number of Topliss-reactive ketones (excluding diaryl/α,β-unsaturated/α-hetero) is 1. The lowest BCUT2D eigenvalue weighted by Crippen LogP contribution is -2.37. The van der Waals surface area contributed by atoms with Crippen LogP contribution in [0, 0.1) is 6.92 Å². The second kappa shape index (κ2) is 17.1. The molecule has 0 radical (unpaired) electrons. The highest BCUT2D eigenvalue weighted by atomic mass is 32.2. The fourth-order valence-corrected chi connectivity index (χ4v) is 6.00. The average Bonchev–Trinajstić information content (AvgIpc) is 3.04. The van der Waals surface area contributed by atoms with Crippen LogP contribution < -0.4 is 19.9 Å². The molecule has 0 saturated carbocycles. The summed E-state index contributed by atoms with van der Waals surface area (Å²) in [6.45, 7) is 4.28. The molecule has 4 aromatic rings. The highest BCUT2D eigenvalue weighted by Crippen LogP contribution is 2.31. The Kier molecular flexibility index (Phi) is 12.9. The molecule has 13 nitrogen and oxygen atoms in total. The number of ketones is 1. The first-order valence-corrected chi connectivity index (χ1v) is 17.3. The Balaban J connectivity index is 1.52. The van der Waals surface area contributed by atoms with Crippen LogP contribution in [0.1, 0.15) is 51.6 Å². The zero-order valence-corrected chi connectivity index (χ0v) is 28.4. The maximum absolute atomic E-state index is 14.0. The fourth-order valence-electron chi connectivity index (χ4n) is 5.50. The molecule has 0 spiro atoms. The van der Waals surface area contributed by atoms with Crippen LogP contribution >= 0.6 is 0 Å². The number of fused-ring (bicyclic) bond motifs is 2. The van der Waals surface area contributed by atoms with Gasteiger partial charge >= 0.3 is 5.97 Å². The lowest BCUT2D eigenvalue weighted by atomic mass is 10.0. The van der Waals surface area contributed by atoms with Crippen LogP contribution in [0.25, 0.3) is 21.8 Å². The van der Waals surface area contributed by atoms with E-state index in [-0.39, 0.29) is 75.6 Å². The number of ether oxygens (including phenoxy) is 3. The zero-order chi connectivity index (χ0) is 35.6. The summed E-state index contributed by atoms with van der Waals surface area (Å²) in [5.41, 5.74) is 3.05. The van der Waals surface area contributed by atoms with Gasteiger partial charge in [0.25, 0.3) is 16.0 Å². The van der Waals surface area contributed by atoms with Crippen LogP contribution in [0.3, 0.4) is 0 Å². The first kappa shape index (κ1) is 37.1. The first-order valence-electron chi connectivity index (χ1n) is 15.6. The SMILES string of the molecule is COCc1cc(C(=O)NCCOCCNC(=O)CC(C)=O)cc(C)c1OC(=O)c1c2ccccc2[n+](CCCS(=O)(=O)O)c2ccccc12. The van der Waals surface area contributed by atoms with E-state index in [0.29, 0.717) is 44.1 Å². The van der Waals surface area contributed by atoms with Crippen molar-refractivity contribution in [2.24, 2.45) is 0 Å². The van der Waals surface area contributed by atoms with Gasteiger partial charge in [-0.25, -0.2) is 4.79 Å². The number of nitrogens with one attached hydrogen (secondary N) is 2. The number of aryl methyl sites for hydroxylation is 2. The summed E-state index contributed by atoms with van der Waals surface area (Å²) in [5, 5.41) is 6.55. The van der Waals surface area contributed by atoms with Gasteiger partial charge in [0.2, 0.25) is 16.9 Å². The Morgan fingerprint density at radius 1 is 0.898 bits per heavy atom. The van der Waals surface area contributed by atoms with Gasteiger partial charge < -0.3 is 24.8 Å². The topological polar surface area (TPSA) is 178 Å². The number of carbonyl (C=O) groups is 4. The highest BCUT2D eigenvalue weighted by Gasteiger charge is 2.27. The summed E-state index contributed by atoms with van der Waals surface area (Å²) in [7, 11) is -2.65. The molecule has 0 aliphatic rings. The van der Waals surface area contributed by atoms with E-state index >= 15 is 0 Å². The van der Waals surface area contributed by atoms with Crippen molar-refractivity contribution in [2.45, 2.75) is 39.8 Å². The lowest BCUT2D eigenvalue weighted by Gasteiger charge is -2.16. The van der Waals surface area contributed by atoms with Crippen LogP contribution in [-0.2, 0) is 42.3 Å². The van der Waals surface area contributed by atoms with Gasteiger partial charge in [-0.3, -0.25) is 18.9 Å². The molecule has 0 unspecified atom stereocenters. The Bertz CT molecular complexity index is 1920. The van der Waals surface area contributed by atoms with Crippen molar-refractivity contribution in [1.82, 2.24) is 10.6 Å². The number of rotatable bonds is 17. The molecule has 1 aromatic heterocycles. The van der Waals surface area contributed by atoms with E-state index < -0.39 is 21.8 Å². The second-order valence-electron chi connectivity index (χ2n) is 11.4. The number of carbonyl (C=O) groups excluding carboxylic acids is 4. The molecule has 0 fully saturated rings. The minimum absolute atomic E-state index is 0.0626. The van der Waals surface area contributed by atoms with E-state index in [9.17, 15) is 32.1 Å². The van der Waals surface area contributed by atoms with E-state index in [2.05, 4.69) is 10.6 Å². The number of amides is 2. The Morgan fingerprint density at radius 2 is 1.51 bits per heavy atom. The summed E-state index contributed by atoms with van der Waals surface area (Å²) < 4.78 is 50.8. The molecule has 1 heterocycles. The van der Waals surface area contributed by atoms with Crippen LogP contribution in [0.15, 0.2) is 60.7 Å². The van der Waals surface area contributed by atoms with Crippen molar-refractivity contribution in [3.8, 4) is 5.75 Å². The van der Waals surface area contributed by atoms with Crippen LogP contribution in [0.5, 0.6) is 5.75 Å². The van der Waals surface area contributed by atoms with Gasteiger partial charge in [-0.15, -0.1) is 0 Å². The fraction of sp³-hybridized carbons (Fsp3) is 0.343. The number of benzene rings is 3. The maximum Gasteiger partial charge on any atom is 0.345 e. The van der Waals surface area contributed by atoms with Crippen LogP contribution in [0.2, 0.25) is 0 Å². The monoisotopic (exact) mass is 694 g/mol. The first-order chi connectivity index (χ1) is 23.4. The predicted molar refractivity (Wildman–Crippen MR) is 181 cm³/mol. The molecule has 0 saturated heterocycles. The normalized spacial score (nSPS) is 11.4. The number of hydrogen-bond acceptors (Lipinski definition) is 9. The van der Waals surface area contributed by atoms with E-state index in [4.69, 9.17) is 14.2 Å². The number of hydrogen-bond donors (Lipinski definition) is 3. The molecule has 0 atom stereocenters. The molecule has 260 valence electrons. The molecule has 0 bridgehead atoms. The van der Waals surface area contributed by atoms with E-state index in [1.54, 1.807) is 43.3 Å². The number of methoxy groups -OCH3 is 1. The molecule has 4 rings (SSSR count). The Hall–Kier alpha value is -4.76.